The summed E-state index contributed by atoms with van der Waals surface area (Å²) in [7, 11) is 0. The minimum Gasteiger partial charge on any atom is -0.390 e. The van der Waals surface area contributed by atoms with Gasteiger partial charge in [0.2, 0.25) is 11.8 Å². The summed E-state index contributed by atoms with van der Waals surface area (Å²) >= 11 is 1.80. The molecule has 0 heterocycles. The normalized spacial score (nSPS) is 19.9. The molecule has 232 valence electrons. The lowest BCUT2D eigenvalue weighted by atomic mass is 9.82. The quantitative estimate of drug-likeness (QED) is 0.175. The fraction of sp³-hybridized carbons (Fsp3) is 0.765. The van der Waals surface area contributed by atoms with E-state index in [-0.39, 0.29) is 23.7 Å². The molecule has 1 aromatic rings. The molecule has 0 saturated heterocycles. The van der Waals surface area contributed by atoms with Gasteiger partial charge < -0.3 is 20.8 Å². The number of carbonyl (C=O) groups is 2. The zero-order chi connectivity index (χ0) is 29.8. The third-order valence-corrected chi connectivity index (χ3v) is 10.1. The maximum Gasteiger partial charge on any atom is 0.242 e. The Balaban J connectivity index is 1.72. The third-order valence-electron chi connectivity index (χ3n) is 8.52. The molecule has 0 bridgehead atoms. The highest BCUT2D eigenvalue weighted by Gasteiger charge is 2.36. The predicted molar refractivity (Wildman–Crippen MR) is 170 cm³/mol. The second kappa shape index (κ2) is 17.5. The van der Waals surface area contributed by atoms with E-state index in [1.807, 2.05) is 32.0 Å². The van der Waals surface area contributed by atoms with Crippen LogP contribution in [0.1, 0.15) is 97.5 Å². The summed E-state index contributed by atoms with van der Waals surface area (Å²) in [6.45, 7) is 8.42. The van der Waals surface area contributed by atoms with Crippen LogP contribution in [0.5, 0.6) is 0 Å². The maximum atomic E-state index is 13.8. The van der Waals surface area contributed by atoms with Gasteiger partial charge in [-0.15, -0.1) is 0 Å². The summed E-state index contributed by atoms with van der Waals surface area (Å²) in [5.41, 5.74) is 1.12. The van der Waals surface area contributed by atoms with Crippen LogP contribution in [0.4, 0.5) is 0 Å². The number of amides is 2. The van der Waals surface area contributed by atoms with Crippen molar-refractivity contribution in [3.63, 3.8) is 0 Å². The third kappa shape index (κ3) is 12.7. The zero-order valence-electron chi connectivity index (χ0n) is 25.9. The van der Waals surface area contributed by atoms with E-state index in [9.17, 15) is 19.8 Å². The molecule has 6 nitrogen and oxygen atoms in total. The number of hydrogen-bond acceptors (Lipinski definition) is 5. The van der Waals surface area contributed by atoms with Gasteiger partial charge in [0.1, 0.15) is 12.1 Å². The molecular weight excluding hydrogens is 532 g/mol. The van der Waals surface area contributed by atoms with Crippen LogP contribution in [0, 0.1) is 29.6 Å². The van der Waals surface area contributed by atoms with Crippen molar-refractivity contribution in [2.45, 2.75) is 123 Å². The van der Waals surface area contributed by atoms with Gasteiger partial charge in [0.15, 0.2) is 0 Å². The summed E-state index contributed by atoms with van der Waals surface area (Å²) in [5, 5.41) is 28.3. The Kier molecular flexibility index (Phi) is 14.5. The molecule has 4 N–H and O–H groups in total. The highest BCUT2D eigenvalue weighted by molar-refractivity contribution is 7.99. The number of rotatable bonds is 18. The molecule has 3 rings (SSSR count). The second-order valence-corrected chi connectivity index (χ2v) is 14.7. The van der Waals surface area contributed by atoms with Crippen molar-refractivity contribution in [3.8, 4) is 0 Å². The lowest BCUT2D eigenvalue weighted by Crippen LogP contribution is -2.56. The molecule has 2 aliphatic carbocycles. The van der Waals surface area contributed by atoms with E-state index in [0.717, 1.165) is 37.0 Å². The average molecular weight is 589 g/mol. The van der Waals surface area contributed by atoms with Gasteiger partial charge in [-0.05, 0) is 60.7 Å². The largest absolute Gasteiger partial charge is 0.390 e. The number of thioether (sulfide) groups is 1. The lowest BCUT2D eigenvalue weighted by Gasteiger charge is -2.34. The van der Waals surface area contributed by atoms with Crippen LogP contribution in [0.2, 0.25) is 0 Å². The molecule has 2 saturated carbocycles. The first-order valence-electron chi connectivity index (χ1n) is 16.2. The smallest absolute Gasteiger partial charge is 0.242 e. The standard InChI is InChI=1S/C34H56N2O4S/c1-23(2)17-31(37)32(38)29(19-26-13-9-6-10-14-26)35-34(40)30(20-27-15-16-27)36-33(39)28(22-41-21-24(3)4)18-25-11-7-5-8-12-25/h5,7-8,11-12,23-24,26-32,37-38H,6,9-10,13-22H2,1-4H3,(H,35,40)(H,36,39)/t28-,29+,30+,31+,32-/m1/s1. The van der Waals surface area contributed by atoms with Crippen LogP contribution in [0.15, 0.2) is 30.3 Å². The van der Waals surface area contributed by atoms with E-state index in [2.05, 4.69) is 36.6 Å². The van der Waals surface area contributed by atoms with Crippen LogP contribution in [0.25, 0.3) is 0 Å². The molecule has 0 unspecified atom stereocenters. The van der Waals surface area contributed by atoms with Gasteiger partial charge in [-0.1, -0.05) is 103 Å². The molecule has 0 spiro atoms. The number of nitrogens with one attached hydrogen (secondary N) is 2. The molecule has 0 aromatic heterocycles. The molecule has 0 radical (unpaired) electrons. The predicted octanol–water partition coefficient (Wildman–Crippen LogP) is 5.74. The van der Waals surface area contributed by atoms with Crippen molar-refractivity contribution in [2.24, 2.45) is 29.6 Å². The zero-order valence-corrected chi connectivity index (χ0v) is 26.7. The average Bonchev–Trinajstić information content (AvgIpc) is 3.76. The fourth-order valence-corrected chi connectivity index (χ4v) is 7.18. The SMILES string of the molecule is CC(C)CSC[C@@H](Cc1ccccc1)C(=O)N[C@@H](CC1CC1)C(=O)N[C@@H](CC1CCCCC1)[C@@H](O)[C@@H](O)CC(C)C. The first-order valence-corrected chi connectivity index (χ1v) is 17.4. The van der Waals surface area contributed by atoms with E-state index < -0.39 is 24.3 Å². The number of benzene rings is 1. The van der Waals surface area contributed by atoms with Gasteiger partial charge in [-0.2, -0.15) is 11.8 Å². The fourth-order valence-electron chi connectivity index (χ4n) is 6.02. The van der Waals surface area contributed by atoms with Crippen molar-refractivity contribution < 1.29 is 19.8 Å². The molecule has 41 heavy (non-hydrogen) atoms. The van der Waals surface area contributed by atoms with E-state index in [1.54, 1.807) is 11.8 Å². The van der Waals surface area contributed by atoms with Gasteiger partial charge in [-0.25, -0.2) is 0 Å². The van der Waals surface area contributed by atoms with Gasteiger partial charge in [0.05, 0.1) is 18.1 Å². The van der Waals surface area contributed by atoms with Gasteiger partial charge in [0, 0.05) is 5.75 Å². The van der Waals surface area contributed by atoms with E-state index in [1.165, 1.54) is 19.3 Å². The summed E-state index contributed by atoms with van der Waals surface area (Å²) in [6, 6.07) is 8.94. The molecule has 1 aromatic carbocycles. The van der Waals surface area contributed by atoms with Crippen LogP contribution in [-0.4, -0.2) is 57.8 Å². The lowest BCUT2D eigenvalue weighted by molar-refractivity contribution is -0.132. The topological polar surface area (TPSA) is 98.7 Å². The molecule has 2 fully saturated rings. The van der Waals surface area contributed by atoms with Crippen molar-refractivity contribution in [2.75, 3.05) is 11.5 Å². The van der Waals surface area contributed by atoms with Gasteiger partial charge in [-0.3, -0.25) is 9.59 Å². The minimum atomic E-state index is -1.03. The Morgan fingerprint density at radius 3 is 2.10 bits per heavy atom. The van der Waals surface area contributed by atoms with Gasteiger partial charge >= 0.3 is 0 Å². The first kappa shape index (κ1) is 33.9. The van der Waals surface area contributed by atoms with Crippen LogP contribution in [-0.2, 0) is 16.0 Å². The Hall–Kier alpha value is -1.57. The summed E-state index contributed by atoms with van der Waals surface area (Å²) in [6.07, 6.45) is 8.42. The molecule has 5 atom stereocenters. The maximum absolute atomic E-state index is 13.8. The molecule has 2 amide bonds. The van der Waals surface area contributed by atoms with Crippen molar-refractivity contribution in [1.82, 2.24) is 10.6 Å². The second-order valence-electron chi connectivity index (χ2n) is 13.6. The molecule has 7 heteroatoms. The number of aliphatic hydroxyl groups is 2. The summed E-state index contributed by atoms with van der Waals surface area (Å²) in [4.78, 5) is 27.5. The van der Waals surface area contributed by atoms with Gasteiger partial charge in [0.25, 0.3) is 0 Å². The molecular formula is C34H56N2O4S. The first-order chi connectivity index (χ1) is 19.6. The van der Waals surface area contributed by atoms with E-state index >= 15 is 0 Å². The van der Waals surface area contributed by atoms with Crippen molar-refractivity contribution in [1.29, 1.82) is 0 Å². The Morgan fingerprint density at radius 2 is 1.49 bits per heavy atom. The monoisotopic (exact) mass is 588 g/mol. The van der Waals surface area contributed by atoms with Crippen molar-refractivity contribution in [3.05, 3.63) is 35.9 Å². The summed E-state index contributed by atoms with van der Waals surface area (Å²) in [5.74, 6) is 2.83. The van der Waals surface area contributed by atoms with Crippen molar-refractivity contribution >= 4 is 23.6 Å². The van der Waals surface area contributed by atoms with Crippen LogP contribution < -0.4 is 10.6 Å². The molecule has 0 aliphatic heterocycles. The number of carbonyl (C=O) groups excluding carboxylic acids is 2. The minimum absolute atomic E-state index is 0.0740. The molecule has 2 aliphatic rings. The van der Waals surface area contributed by atoms with Crippen LogP contribution in [0.3, 0.4) is 0 Å². The van der Waals surface area contributed by atoms with Crippen LogP contribution >= 0.6 is 11.8 Å². The summed E-state index contributed by atoms with van der Waals surface area (Å²) < 4.78 is 0. The van der Waals surface area contributed by atoms with E-state index in [4.69, 9.17) is 0 Å². The van der Waals surface area contributed by atoms with E-state index in [0.29, 0.717) is 49.2 Å². The number of aliphatic hydroxyl groups excluding tert-OH is 2. The number of hydrogen-bond donors (Lipinski definition) is 4. The Morgan fingerprint density at radius 1 is 0.829 bits per heavy atom. The highest BCUT2D eigenvalue weighted by Crippen LogP contribution is 2.34. The highest BCUT2D eigenvalue weighted by atomic mass is 32.2. The Bertz CT molecular complexity index is 901. The Labute approximate surface area is 253 Å².